The average molecular weight is 391 g/mol. The first-order valence-electron chi connectivity index (χ1n) is 8.36. The highest BCUT2D eigenvalue weighted by atomic mass is 35.5. The molecule has 0 aliphatic rings. The topological polar surface area (TPSA) is 90.7 Å². The molecule has 0 saturated heterocycles. The lowest BCUT2D eigenvalue weighted by Crippen LogP contribution is -2.30. The monoisotopic (exact) mass is 390 g/mol. The van der Waals surface area contributed by atoms with E-state index in [1.54, 1.807) is 0 Å². The van der Waals surface area contributed by atoms with Gasteiger partial charge in [0.25, 0.3) is 5.91 Å². The summed E-state index contributed by atoms with van der Waals surface area (Å²) >= 11 is 5.97. The van der Waals surface area contributed by atoms with Crippen molar-refractivity contribution in [1.29, 1.82) is 0 Å². The molecule has 0 radical (unpaired) electrons. The van der Waals surface area contributed by atoms with E-state index >= 15 is 0 Å². The van der Waals surface area contributed by atoms with Gasteiger partial charge in [0.2, 0.25) is 0 Å². The molecule has 0 saturated carbocycles. The summed E-state index contributed by atoms with van der Waals surface area (Å²) < 4.78 is 10.4. The van der Waals surface area contributed by atoms with E-state index in [-0.39, 0.29) is 22.0 Å². The number of hydrogen-bond acceptors (Lipinski definition) is 5. The molecule has 2 aromatic rings. The molecule has 2 aromatic carbocycles. The van der Waals surface area contributed by atoms with Gasteiger partial charge in [-0.3, -0.25) is 4.79 Å². The highest BCUT2D eigenvalue weighted by Gasteiger charge is 2.23. The van der Waals surface area contributed by atoms with Crippen LogP contribution in [0.2, 0.25) is 5.02 Å². The largest absolute Gasteiger partial charge is 0.496 e. The van der Waals surface area contributed by atoms with Crippen LogP contribution < -0.4 is 15.8 Å². The van der Waals surface area contributed by atoms with Gasteiger partial charge in [-0.15, -0.1) is 0 Å². The van der Waals surface area contributed by atoms with Gasteiger partial charge in [0.15, 0.2) is 6.10 Å². The van der Waals surface area contributed by atoms with Gasteiger partial charge >= 0.3 is 5.97 Å². The number of benzene rings is 2. The van der Waals surface area contributed by atoms with Gasteiger partial charge in [-0.1, -0.05) is 29.3 Å². The molecule has 0 aromatic heterocycles. The predicted molar refractivity (Wildman–Crippen MR) is 107 cm³/mol. The number of amides is 1. The molecule has 7 heteroatoms. The number of aryl methyl sites for hydroxylation is 3. The number of nitrogens with one attached hydrogen (secondary N) is 1. The SMILES string of the molecule is COc1cc(N)c(Cl)cc1C(=O)O[C@@H](C)C(=O)Nc1c(C)cc(C)cc1C. The van der Waals surface area contributed by atoms with Crippen LogP contribution >= 0.6 is 11.6 Å². The second-order valence-electron chi connectivity index (χ2n) is 6.38. The molecule has 0 aliphatic heterocycles. The first kappa shape index (κ1) is 20.6. The van der Waals surface area contributed by atoms with Crippen molar-refractivity contribution in [3.05, 3.63) is 51.5 Å². The van der Waals surface area contributed by atoms with Crippen molar-refractivity contribution in [3.63, 3.8) is 0 Å². The van der Waals surface area contributed by atoms with E-state index in [2.05, 4.69) is 5.32 Å². The van der Waals surface area contributed by atoms with Gasteiger partial charge in [-0.05, 0) is 44.9 Å². The summed E-state index contributed by atoms with van der Waals surface area (Å²) in [6.45, 7) is 7.31. The molecule has 1 atom stereocenters. The minimum Gasteiger partial charge on any atom is -0.496 e. The molecular weight excluding hydrogens is 368 g/mol. The van der Waals surface area contributed by atoms with Crippen LogP contribution in [0.1, 0.15) is 34.0 Å². The van der Waals surface area contributed by atoms with Crippen LogP contribution in [0.15, 0.2) is 24.3 Å². The van der Waals surface area contributed by atoms with Crippen LogP contribution in [0.25, 0.3) is 0 Å². The van der Waals surface area contributed by atoms with Crippen LogP contribution in [0.4, 0.5) is 11.4 Å². The van der Waals surface area contributed by atoms with Crippen molar-refractivity contribution < 1.29 is 19.1 Å². The Bertz CT molecular complexity index is 873. The number of nitrogen functional groups attached to an aromatic ring is 1. The standard InChI is InChI=1S/C20H23ClN2O4/c1-10-6-11(2)18(12(3)7-10)23-19(24)13(4)27-20(25)14-8-15(21)16(22)9-17(14)26-5/h6-9,13H,22H2,1-5H3,(H,23,24)/t13-/m0/s1. The van der Waals surface area contributed by atoms with Crippen LogP contribution in [0, 0.1) is 20.8 Å². The number of carbonyl (C=O) groups excluding carboxylic acids is 2. The molecule has 0 fully saturated rings. The zero-order chi connectivity index (χ0) is 20.3. The van der Waals surface area contributed by atoms with Crippen molar-refractivity contribution in [1.82, 2.24) is 0 Å². The summed E-state index contributed by atoms with van der Waals surface area (Å²) in [4.78, 5) is 24.9. The summed E-state index contributed by atoms with van der Waals surface area (Å²) in [7, 11) is 1.40. The van der Waals surface area contributed by atoms with E-state index < -0.39 is 18.0 Å². The van der Waals surface area contributed by atoms with Crippen LogP contribution in [-0.2, 0) is 9.53 Å². The fourth-order valence-electron chi connectivity index (χ4n) is 2.78. The molecule has 27 heavy (non-hydrogen) atoms. The quantitative estimate of drug-likeness (QED) is 0.594. The Balaban J connectivity index is 2.15. The Hall–Kier alpha value is -2.73. The highest BCUT2D eigenvalue weighted by Crippen LogP contribution is 2.29. The van der Waals surface area contributed by atoms with E-state index in [0.717, 1.165) is 16.7 Å². The van der Waals surface area contributed by atoms with E-state index in [1.165, 1.54) is 26.2 Å². The molecule has 2 rings (SSSR count). The van der Waals surface area contributed by atoms with Gasteiger partial charge in [0.05, 0.1) is 17.8 Å². The number of esters is 1. The number of carbonyl (C=O) groups is 2. The number of halogens is 1. The molecule has 3 N–H and O–H groups in total. The fraction of sp³-hybridized carbons (Fsp3) is 0.300. The summed E-state index contributed by atoms with van der Waals surface area (Å²) in [6, 6.07) is 6.74. The molecule has 0 bridgehead atoms. The van der Waals surface area contributed by atoms with Crippen LogP contribution in [0.3, 0.4) is 0 Å². The number of methoxy groups -OCH3 is 1. The van der Waals surface area contributed by atoms with Crippen LogP contribution in [-0.4, -0.2) is 25.1 Å². The summed E-state index contributed by atoms with van der Waals surface area (Å²) in [6.07, 6.45) is -1.02. The molecule has 1 amide bonds. The maximum atomic E-state index is 12.5. The van der Waals surface area contributed by atoms with E-state index in [1.807, 2.05) is 32.9 Å². The zero-order valence-electron chi connectivity index (χ0n) is 16.0. The fourth-order valence-corrected chi connectivity index (χ4v) is 2.94. The normalized spacial score (nSPS) is 11.6. The van der Waals surface area contributed by atoms with Gasteiger partial charge in [-0.25, -0.2) is 4.79 Å². The zero-order valence-corrected chi connectivity index (χ0v) is 16.7. The third-order valence-corrected chi connectivity index (χ3v) is 4.44. The van der Waals surface area contributed by atoms with Gasteiger partial charge in [-0.2, -0.15) is 0 Å². The number of hydrogen-bond donors (Lipinski definition) is 2. The van der Waals surface area contributed by atoms with Crippen molar-refractivity contribution in [2.75, 3.05) is 18.2 Å². The summed E-state index contributed by atoms with van der Waals surface area (Å²) in [5.74, 6) is -0.938. The predicted octanol–water partition coefficient (Wildman–Crippen LogP) is 4.04. The Morgan fingerprint density at radius 3 is 2.26 bits per heavy atom. The van der Waals surface area contributed by atoms with E-state index in [0.29, 0.717) is 5.69 Å². The summed E-state index contributed by atoms with van der Waals surface area (Å²) in [5.41, 5.74) is 9.78. The molecular formula is C20H23ClN2O4. The first-order valence-corrected chi connectivity index (χ1v) is 8.74. The molecule has 0 heterocycles. The Morgan fingerprint density at radius 2 is 1.70 bits per heavy atom. The van der Waals surface area contributed by atoms with E-state index in [4.69, 9.17) is 26.8 Å². The third kappa shape index (κ3) is 4.71. The lowest BCUT2D eigenvalue weighted by atomic mass is 10.0. The molecule has 144 valence electrons. The van der Waals surface area contributed by atoms with Gasteiger partial charge in [0.1, 0.15) is 11.3 Å². The number of rotatable bonds is 5. The van der Waals surface area contributed by atoms with Crippen molar-refractivity contribution >= 4 is 34.9 Å². The number of nitrogens with two attached hydrogens (primary N) is 1. The highest BCUT2D eigenvalue weighted by molar-refractivity contribution is 6.33. The third-order valence-electron chi connectivity index (χ3n) is 4.12. The maximum Gasteiger partial charge on any atom is 0.342 e. The smallest absolute Gasteiger partial charge is 0.342 e. The Labute approximate surface area is 163 Å². The Kier molecular flexibility index (Phi) is 6.33. The number of ether oxygens (including phenoxy) is 2. The number of anilines is 2. The van der Waals surface area contributed by atoms with Gasteiger partial charge < -0.3 is 20.5 Å². The lowest BCUT2D eigenvalue weighted by molar-refractivity contribution is -0.123. The molecule has 0 spiro atoms. The first-order chi connectivity index (χ1) is 12.6. The molecule has 6 nitrogen and oxygen atoms in total. The lowest BCUT2D eigenvalue weighted by Gasteiger charge is -2.17. The van der Waals surface area contributed by atoms with Crippen molar-refractivity contribution in [3.8, 4) is 5.75 Å². The second kappa shape index (κ2) is 8.31. The molecule has 0 unspecified atom stereocenters. The second-order valence-corrected chi connectivity index (χ2v) is 6.79. The van der Waals surface area contributed by atoms with Crippen LogP contribution in [0.5, 0.6) is 5.75 Å². The van der Waals surface area contributed by atoms with Gasteiger partial charge in [0, 0.05) is 11.8 Å². The summed E-state index contributed by atoms with van der Waals surface area (Å²) in [5, 5.41) is 3.02. The Morgan fingerprint density at radius 1 is 1.11 bits per heavy atom. The average Bonchev–Trinajstić information content (AvgIpc) is 2.59. The minimum absolute atomic E-state index is 0.0963. The van der Waals surface area contributed by atoms with Crippen molar-refractivity contribution in [2.24, 2.45) is 0 Å². The maximum absolute atomic E-state index is 12.5. The molecule has 0 aliphatic carbocycles. The van der Waals surface area contributed by atoms with Crippen molar-refractivity contribution in [2.45, 2.75) is 33.8 Å². The van der Waals surface area contributed by atoms with E-state index in [9.17, 15) is 9.59 Å². The minimum atomic E-state index is -1.02.